The van der Waals surface area contributed by atoms with Gasteiger partial charge >= 0.3 is 6.09 Å². The number of hydrogen-bond acceptors (Lipinski definition) is 4. The lowest BCUT2D eigenvalue weighted by atomic mass is 10.1. The van der Waals surface area contributed by atoms with Crippen LogP contribution in [0.5, 0.6) is 0 Å². The molecule has 0 aromatic rings. The van der Waals surface area contributed by atoms with Crippen LogP contribution >= 0.6 is 35.7 Å². The maximum Gasteiger partial charge on any atom is 0.407 e. The van der Waals surface area contributed by atoms with E-state index in [1.165, 1.54) is 18.6 Å². The fraction of sp³-hybridized carbons (Fsp3) is 0.882. The Hall–Kier alpha value is -0.380. The third kappa shape index (κ3) is 11.8. The number of rotatable bonds is 7. The summed E-state index contributed by atoms with van der Waals surface area (Å²) in [6.45, 7) is 9.27. The molecule has 0 bridgehead atoms. The van der Waals surface area contributed by atoms with Crippen molar-refractivity contribution in [1.29, 1.82) is 0 Å². The Bertz CT molecular complexity index is 410. The van der Waals surface area contributed by atoms with Gasteiger partial charge in [-0.25, -0.2) is 4.79 Å². The second-order valence-electron chi connectivity index (χ2n) is 7.10. The predicted molar refractivity (Wildman–Crippen MR) is 118 cm³/mol. The van der Waals surface area contributed by atoms with E-state index in [0.29, 0.717) is 11.8 Å². The van der Waals surface area contributed by atoms with Gasteiger partial charge in [0.05, 0.1) is 0 Å². The number of nitrogens with zero attached hydrogens (tertiary/aromatic N) is 1. The van der Waals surface area contributed by atoms with Crippen LogP contribution in [-0.4, -0.2) is 54.8 Å². The average molecular weight is 486 g/mol. The third-order valence-electron chi connectivity index (χ3n) is 3.62. The van der Waals surface area contributed by atoms with Gasteiger partial charge in [-0.15, -0.1) is 24.0 Å². The molecule has 1 aliphatic rings. The quantitative estimate of drug-likeness (QED) is 0.293. The lowest BCUT2D eigenvalue weighted by molar-refractivity contribution is 0.0502. The maximum atomic E-state index is 11.9. The average Bonchev–Trinajstić information content (AvgIpc) is 2.98. The van der Waals surface area contributed by atoms with Gasteiger partial charge in [-0.05, 0) is 45.8 Å². The monoisotopic (exact) mass is 486 g/mol. The summed E-state index contributed by atoms with van der Waals surface area (Å²) >= 11 is 2.02. The number of nitrogens with one attached hydrogen (secondary N) is 3. The summed E-state index contributed by atoms with van der Waals surface area (Å²) in [5, 5.41) is 10.3. The third-order valence-corrected chi connectivity index (χ3v) is 5.02. The van der Waals surface area contributed by atoms with Gasteiger partial charge < -0.3 is 20.7 Å². The van der Waals surface area contributed by atoms with Gasteiger partial charge in [-0.1, -0.05) is 13.3 Å². The second kappa shape index (κ2) is 12.9. The summed E-state index contributed by atoms with van der Waals surface area (Å²) < 4.78 is 5.34. The summed E-state index contributed by atoms with van der Waals surface area (Å²) in [7, 11) is 1.77. The van der Waals surface area contributed by atoms with Crippen molar-refractivity contribution in [2.45, 2.75) is 70.3 Å². The number of guanidine groups is 1. The van der Waals surface area contributed by atoms with E-state index in [1.807, 2.05) is 32.5 Å². The minimum Gasteiger partial charge on any atom is -0.444 e. The first-order chi connectivity index (χ1) is 11.3. The van der Waals surface area contributed by atoms with Gasteiger partial charge in [0.1, 0.15) is 5.60 Å². The van der Waals surface area contributed by atoms with E-state index in [1.54, 1.807) is 7.05 Å². The van der Waals surface area contributed by atoms with Gasteiger partial charge in [0.15, 0.2) is 5.96 Å². The molecule has 148 valence electrons. The van der Waals surface area contributed by atoms with Gasteiger partial charge in [0, 0.05) is 31.4 Å². The van der Waals surface area contributed by atoms with Gasteiger partial charge in [-0.3, -0.25) is 4.99 Å². The van der Waals surface area contributed by atoms with E-state index in [2.05, 4.69) is 27.9 Å². The number of amides is 1. The summed E-state index contributed by atoms with van der Waals surface area (Å²) in [4.78, 5) is 16.2. The Morgan fingerprint density at radius 3 is 2.60 bits per heavy atom. The van der Waals surface area contributed by atoms with Gasteiger partial charge in [-0.2, -0.15) is 11.8 Å². The molecule has 1 saturated heterocycles. The molecule has 1 heterocycles. The van der Waals surface area contributed by atoms with Gasteiger partial charge in [0.2, 0.25) is 0 Å². The molecule has 1 amide bonds. The van der Waals surface area contributed by atoms with Gasteiger partial charge in [0.25, 0.3) is 0 Å². The summed E-state index contributed by atoms with van der Waals surface area (Å²) in [6.07, 6.45) is 4.09. The first-order valence-electron chi connectivity index (χ1n) is 8.89. The molecule has 6 nitrogen and oxygen atoms in total. The fourth-order valence-corrected chi connectivity index (χ4v) is 3.71. The highest BCUT2D eigenvalue weighted by molar-refractivity contribution is 14.0. The van der Waals surface area contributed by atoms with Crippen LogP contribution in [0.4, 0.5) is 4.79 Å². The highest BCUT2D eigenvalue weighted by Crippen LogP contribution is 2.25. The summed E-state index contributed by atoms with van der Waals surface area (Å²) in [6, 6.07) is 0.0178. The minimum atomic E-state index is -0.481. The molecular weight excluding hydrogens is 451 g/mol. The van der Waals surface area contributed by atoms with Crippen LogP contribution in [0.2, 0.25) is 0 Å². The van der Waals surface area contributed by atoms with Crippen LogP contribution in [-0.2, 0) is 4.74 Å². The molecule has 0 aromatic heterocycles. The number of ether oxygens (including phenoxy) is 1. The zero-order valence-corrected chi connectivity index (χ0v) is 19.3. The zero-order chi connectivity index (χ0) is 18.0. The fourth-order valence-electron chi connectivity index (χ4n) is 2.50. The molecule has 1 rings (SSSR count). The molecule has 0 aliphatic carbocycles. The van der Waals surface area contributed by atoms with Crippen LogP contribution < -0.4 is 16.0 Å². The lowest BCUT2D eigenvalue weighted by Crippen LogP contribution is -2.48. The number of halogens is 1. The topological polar surface area (TPSA) is 74.8 Å². The van der Waals surface area contributed by atoms with Crippen molar-refractivity contribution >= 4 is 47.8 Å². The van der Waals surface area contributed by atoms with Crippen LogP contribution in [0.25, 0.3) is 0 Å². The molecule has 0 radical (unpaired) electrons. The standard InChI is InChI=1S/C17H34N4O2S.HI/c1-6-8-13(21-16(22)23-17(2,3)4)11-19-15(18-5)20-12-14-9-7-10-24-14;/h13-14H,6-12H2,1-5H3,(H,21,22)(H2,18,19,20);1H. The van der Waals surface area contributed by atoms with E-state index < -0.39 is 5.60 Å². The summed E-state index contributed by atoms with van der Waals surface area (Å²) in [5.74, 6) is 2.05. The molecule has 25 heavy (non-hydrogen) atoms. The molecule has 3 N–H and O–H groups in total. The number of carbonyl (C=O) groups excluding carboxylic acids is 1. The molecule has 1 aliphatic heterocycles. The van der Waals surface area contributed by atoms with E-state index in [9.17, 15) is 4.79 Å². The van der Waals surface area contributed by atoms with Crippen molar-refractivity contribution in [2.75, 3.05) is 25.9 Å². The number of thioether (sulfide) groups is 1. The number of alkyl carbamates (subject to hydrolysis) is 1. The minimum absolute atomic E-state index is 0. The van der Waals surface area contributed by atoms with Crippen molar-refractivity contribution in [3.8, 4) is 0 Å². The first-order valence-corrected chi connectivity index (χ1v) is 9.94. The number of carbonyl (C=O) groups is 1. The molecule has 0 spiro atoms. The summed E-state index contributed by atoms with van der Waals surface area (Å²) in [5.41, 5.74) is -0.481. The number of hydrogen-bond donors (Lipinski definition) is 3. The maximum absolute atomic E-state index is 11.9. The highest BCUT2D eigenvalue weighted by Gasteiger charge is 2.20. The van der Waals surface area contributed by atoms with E-state index in [-0.39, 0.29) is 36.1 Å². The van der Waals surface area contributed by atoms with Crippen molar-refractivity contribution < 1.29 is 9.53 Å². The molecule has 2 atom stereocenters. The van der Waals surface area contributed by atoms with Crippen molar-refractivity contribution in [3.63, 3.8) is 0 Å². The highest BCUT2D eigenvalue weighted by atomic mass is 127. The van der Waals surface area contributed by atoms with Crippen LogP contribution in [0.1, 0.15) is 53.4 Å². The zero-order valence-electron chi connectivity index (χ0n) is 16.2. The first kappa shape index (κ1) is 24.6. The van der Waals surface area contributed by atoms with E-state index >= 15 is 0 Å². The molecule has 8 heteroatoms. The van der Waals surface area contributed by atoms with E-state index in [4.69, 9.17) is 4.74 Å². The Labute approximate surface area is 174 Å². The van der Waals surface area contributed by atoms with Crippen LogP contribution in [0, 0.1) is 0 Å². The lowest BCUT2D eigenvalue weighted by Gasteiger charge is -2.24. The van der Waals surface area contributed by atoms with Crippen LogP contribution in [0.15, 0.2) is 4.99 Å². The largest absolute Gasteiger partial charge is 0.444 e. The molecular formula is C17H35IN4O2S. The van der Waals surface area contributed by atoms with Crippen LogP contribution in [0.3, 0.4) is 0 Å². The Kier molecular flexibility index (Phi) is 12.7. The molecule has 0 aromatic carbocycles. The predicted octanol–water partition coefficient (Wildman–Crippen LogP) is 3.36. The Balaban J connectivity index is 0.00000576. The molecule has 2 unspecified atom stereocenters. The van der Waals surface area contributed by atoms with Crippen molar-refractivity contribution in [2.24, 2.45) is 4.99 Å². The normalized spacial score (nSPS) is 18.9. The Morgan fingerprint density at radius 1 is 1.36 bits per heavy atom. The molecule has 1 fully saturated rings. The van der Waals surface area contributed by atoms with E-state index in [0.717, 1.165) is 25.3 Å². The van der Waals surface area contributed by atoms with Crippen molar-refractivity contribution in [3.05, 3.63) is 0 Å². The van der Waals surface area contributed by atoms with Crippen molar-refractivity contribution in [1.82, 2.24) is 16.0 Å². The molecule has 0 saturated carbocycles. The Morgan fingerprint density at radius 2 is 2.08 bits per heavy atom. The smallest absolute Gasteiger partial charge is 0.407 e. The second-order valence-corrected chi connectivity index (χ2v) is 8.51. The SMILES string of the molecule is CCCC(CNC(=NC)NCC1CCCS1)NC(=O)OC(C)(C)C.I. The number of aliphatic imine (C=N–C) groups is 1.